The fourth-order valence-corrected chi connectivity index (χ4v) is 2.45. The van der Waals surface area contributed by atoms with Crippen LogP contribution in [-0.4, -0.2) is 25.7 Å². The molecule has 1 N–H and O–H groups in total. The van der Waals surface area contributed by atoms with Crippen LogP contribution in [0.3, 0.4) is 0 Å². The van der Waals surface area contributed by atoms with Gasteiger partial charge in [0, 0.05) is 10.7 Å². The molecule has 0 saturated heterocycles. The van der Waals surface area contributed by atoms with Crippen molar-refractivity contribution < 1.29 is 4.79 Å². The molecule has 0 radical (unpaired) electrons. The van der Waals surface area contributed by atoms with E-state index in [4.69, 9.17) is 0 Å². The molecule has 7 heteroatoms. The van der Waals surface area contributed by atoms with Gasteiger partial charge in [-0.1, -0.05) is 28.1 Å². The van der Waals surface area contributed by atoms with Crippen LogP contribution in [0.25, 0.3) is 5.82 Å². The summed E-state index contributed by atoms with van der Waals surface area (Å²) in [6, 6.07) is 11.1. The summed E-state index contributed by atoms with van der Waals surface area (Å²) in [5, 5.41) is 7.01. The second kappa shape index (κ2) is 6.70. The van der Waals surface area contributed by atoms with Crippen molar-refractivity contribution in [1.29, 1.82) is 0 Å². The van der Waals surface area contributed by atoms with Gasteiger partial charge in [-0.2, -0.15) is 5.10 Å². The smallest absolute Gasteiger partial charge is 0.255 e. The van der Waals surface area contributed by atoms with Gasteiger partial charge in [0.05, 0.1) is 11.6 Å². The molecule has 0 aliphatic heterocycles. The van der Waals surface area contributed by atoms with Gasteiger partial charge in [0.15, 0.2) is 5.82 Å². The van der Waals surface area contributed by atoms with Gasteiger partial charge >= 0.3 is 0 Å². The molecule has 1 amide bonds. The van der Waals surface area contributed by atoms with Gasteiger partial charge in [0.2, 0.25) is 0 Å². The molecule has 0 aliphatic carbocycles. The highest BCUT2D eigenvalue weighted by Gasteiger charge is 2.17. The van der Waals surface area contributed by atoms with Crippen LogP contribution in [-0.2, 0) is 0 Å². The van der Waals surface area contributed by atoms with Gasteiger partial charge in [-0.15, -0.1) is 0 Å². The van der Waals surface area contributed by atoms with Gasteiger partial charge in [-0.3, -0.25) is 4.79 Å². The lowest BCUT2D eigenvalue weighted by Crippen LogP contribution is -2.28. The van der Waals surface area contributed by atoms with Crippen LogP contribution in [0, 0.1) is 0 Å². The summed E-state index contributed by atoms with van der Waals surface area (Å²) in [5.74, 6) is 0.240. The van der Waals surface area contributed by atoms with Crippen LogP contribution in [0.4, 0.5) is 0 Å². The summed E-state index contributed by atoms with van der Waals surface area (Å²) in [6.07, 6.45) is 4.53. The molecule has 3 aromatic rings. The maximum Gasteiger partial charge on any atom is 0.255 e. The second-order valence-electron chi connectivity index (χ2n) is 4.96. The van der Waals surface area contributed by atoms with Crippen molar-refractivity contribution in [2.45, 2.75) is 13.0 Å². The fraction of sp³-hybridized carbons (Fsp3) is 0.125. The predicted molar refractivity (Wildman–Crippen MR) is 89.2 cm³/mol. The first-order valence-corrected chi connectivity index (χ1v) is 7.81. The third-order valence-corrected chi connectivity index (χ3v) is 3.91. The summed E-state index contributed by atoms with van der Waals surface area (Å²) in [5.41, 5.74) is 1.47. The summed E-state index contributed by atoms with van der Waals surface area (Å²) >= 11 is 3.40. The summed E-state index contributed by atoms with van der Waals surface area (Å²) < 4.78 is 2.47. The minimum absolute atomic E-state index is 0.126. The fourth-order valence-electron chi connectivity index (χ4n) is 2.18. The molecular formula is C16H14BrN5O. The van der Waals surface area contributed by atoms with E-state index >= 15 is 0 Å². The van der Waals surface area contributed by atoms with E-state index in [1.165, 1.54) is 17.3 Å². The zero-order valence-corrected chi connectivity index (χ0v) is 13.9. The summed E-state index contributed by atoms with van der Waals surface area (Å²) in [7, 11) is 0. The number of halogens is 1. The molecule has 23 heavy (non-hydrogen) atoms. The number of pyridine rings is 1. The number of benzene rings is 1. The van der Waals surface area contributed by atoms with Crippen LogP contribution in [0.1, 0.15) is 28.9 Å². The Morgan fingerprint density at radius 1 is 1.26 bits per heavy atom. The molecule has 0 fully saturated rings. The van der Waals surface area contributed by atoms with E-state index in [9.17, 15) is 4.79 Å². The van der Waals surface area contributed by atoms with E-state index in [0.29, 0.717) is 11.4 Å². The molecule has 0 unspecified atom stereocenters. The van der Waals surface area contributed by atoms with Crippen molar-refractivity contribution >= 4 is 21.8 Å². The Kier molecular flexibility index (Phi) is 4.47. The molecule has 0 spiro atoms. The Labute approximate surface area is 141 Å². The normalized spacial score (nSPS) is 11.9. The molecule has 1 atom stereocenters. The average Bonchev–Trinajstić information content (AvgIpc) is 3.09. The Hall–Kier alpha value is -2.54. The van der Waals surface area contributed by atoms with Crippen LogP contribution in [0.15, 0.2) is 59.7 Å². The zero-order valence-electron chi connectivity index (χ0n) is 12.3. The Bertz CT molecular complexity index is 802. The number of carbonyl (C=O) groups is 1. The molecule has 6 nitrogen and oxygen atoms in total. The maximum atomic E-state index is 12.6. The number of carbonyl (C=O) groups excluding carboxylic acids is 1. The van der Waals surface area contributed by atoms with Crippen LogP contribution < -0.4 is 5.32 Å². The molecule has 0 saturated carbocycles. The number of nitrogens with one attached hydrogen (secondary N) is 1. The number of nitrogens with zero attached hydrogens (tertiary/aromatic N) is 4. The average molecular weight is 372 g/mol. The van der Waals surface area contributed by atoms with Crippen molar-refractivity contribution in [2.24, 2.45) is 0 Å². The minimum Gasteiger partial charge on any atom is -0.345 e. The summed E-state index contributed by atoms with van der Waals surface area (Å²) in [4.78, 5) is 20.7. The van der Waals surface area contributed by atoms with Crippen LogP contribution in [0.5, 0.6) is 0 Å². The van der Waals surface area contributed by atoms with Gasteiger partial charge in [-0.25, -0.2) is 14.6 Å². The lowest BCUT2D eigenvalue weighted by molar-refractivity contribution is 0.0939. The quantitative estimate of drug-likeness (QED) is 0.765. The Morgan fingerprint density at radius 3 is 2.74 bits per heavy atom. The van der Waals surface area contributed by atoms with Crippen molar-refractivity contribution in [3.8, 4) is 5.82 Å². The number of hydrogen-bond donors (Lipinski definition) is 1. The first-order valence-electron chi connectivity index (χ1n) is 7.01. The highest BCUT2D eigenvalue weighted by atomic mass is 79.9. The van der Waals surface area contributed by atoms with E-state index in [2.05, 4.69) is 36.3 Å². The van der Waals surface area contributed by atoms with E-state index in [0.717, 1.165) is 10.0 Å². The summed E-state index contributed by atoms with van der Waals surface area (Å²) in [6.45, 7) is 1.94. The van der Waals surface area contributed by atoms with E-state index < -0.39 is 0 Å². The van der Waals surface area contributed by atoms with E-state index in [-0.39, 0.29) is 11.9 Å². The molecule has 0 aliphatic rings. The molecule has 0 bridgehead atoms. The highest BCUT2D eigenvalue weighted by Crippen LogP contribution is 2.18. The standard InChI is InChI=1S/C16H14BrN5O/c1-11(12-4-6-13(17)7-5-12)21-16(23)14-3-2-8-19-15(14)22-10-18-9-20-22/h2-11H,1H3,(H,21,23)/t11-/m1/s1. The lowest BCUT2D eigenvalue weighted by Gasteiger charge is -2.15. The van der Waals surface area contributed by atoms with Gasteiger partial charge in [0.25, 0.3) is 5.91 Å². The van der Waals surface area contributed by atoms with Crippen LogP contribution >= 0.6 is 15.9 Å². The predicted octanol–water partition coefficient (Wildman–Crippen LogP) is 2.92. The van der Waals surface area contributed by atoms with Gasteiger partial charge in [0.1, 0.15) is 12.7 Å². The molecule has 3 rings (SSSR count). The van der Waals surface area contributed by atoms with E-state index in [1.807, 2.05) is 31.2 Å². The third-order valence-electron chi connectivity index (χ3n) is 3.38. The van der Waals surface area contributed by atoms with Gasteiger partial charge in [-0.05, 0) is 36.8 Å². The van der Waals surface area contributed by atoms with E-state index in [1.54, 1.807) is 18.3 Å². The minimum atomic E-state index is -0.209. The SMILES string of the molecule is C[C@@H](NC(=O)c1cccnc1-n1cncn1)c1ccc(Br)cc1. The Balaban J connectivity index is 1.83. The lowest BCUT2D eigenvalue weighted by atomic mass is 10.1. The monoisotopic (exact) mass is 371 g/mol. The third kappa shape index (κ3) is 3.45. The molecule has 2 heterocycles. The number of aromatic nitrogens is 4. The number of rotatable bonds is 4. The van der Waals surface area contributed by atoms with Gasteiger partial charge < -0.3 is 5.32 Å². The Morgan fingerprint density at radius 2 is 2.04 bits per heavy atom. The molecule has 1 aromatic carbocycles. The molecule has 116 valence electrons. The molecule has 2 aromatic heterocycles. The van der Waals surface area contributed by atoms with Crippen LogP contribution in [0.2, 0.25) is 0 Å². The first-order chi connectivity index (χ1) is 11.1. The van der Waals surface area contributed by atoms with Crippen molar-refractivity contribution in [3.05, 3.63) is 70.8 Å². The number of amides is 1. The topological polar surface area (TPSA) is 72.7 Å². The van der Waals surface area contributed by atoms with Crippen molar-refractivity contribution in [1.82, 2.24) is 25.1 Å². The van der Waals surface area contributed by atoms with Crippen molar-refractivity contribution in [3.63, 3.8) is 0 Å². The second-order valence-corrected chi connectivity index (χ2v) is 5.88. The molecular weight excluding hydrogens is 358 g/mol. The zero-order chi connectivity index (χ0) is 16.2. The van der Waals surface area contributed by atoms with Crippen molar-refractivity contribution in [2.75, 3.05) is 0 Å². The number of hydrogen-bond acceptors (Lipinski definition) is 4. The maximum absolute atomic E-state index is 12.6. The highest BCUT2D eigenvalue weighted by molar-refractivity contribution is 9.10. The largest absolute Gasteiger partial charge is 0.345 e. The first kappa shape index (κ1) is 15.4.